The molecule has 4 nitrogen and oxygen atoms in total. The molecule has 2 heterocycles. The Morgan fingerprint density at radius 3 is 2.76 bits per heavy atom. The lowest BCUT2D eigenvalue weighted by Gasteiger charge is -2.28. The van der Waals surface area contributed by atoms with E-state index in [0.717, 1.165) is 37.7 Å². The number of rotatable bonds is 3. The van der Waals surface area contributed by atoms with Crippen molar-refractivity contribution in [2.24, 2.45) is 0 Å². The molecule has 0 aromatic heterocycles. The fourth-order valence-electron chi connectivity index (χ4n) is 4.08. The molecule has 4 atom stereocenters. The molecule has 2 aliphatic heterocycles. The number of ether oxygens (including phenoxy) is 1. The van der Waals surface area contributed by atoms with Crippen molar-refractivity contribution >= 4 is 10.0 Å². The minimum Gasteiger partial charge on any atom is -0.374 e. The highest BCUT2D eigenvalue weighted by Gasteiger charge is 2.48. The van der Waals surface area contributed by atoms with Crippen LogP contribution in [0.25, 0.3) is 0 Å². The van der Waals surface area contributed by atoms with E-state index in [1.165, 1.54) is 5.56 Å². The molecule has 114 valence electrons. The van der Waals surface area contributed by atoms with Gasteiger partial charge in [-0.25, -0.2) is 13.1 Å². The molecule has 21 heavy (non-hydrogen) atoms. The van der Waals surface area contributed by atoms with Crippen LogP contribution in [0.2, 0.25) is 0 Å². The highest BCUT2D eigenvalue weighted by molar-refractivity contribution is 7.90. The maximum absolute atomic E-state index is 12.7. The number of fused-ring (bicyclic) bond motifs is 3. The lowest BCUT2D eigenvalue weighted by Crippen LogP contribution is -2.42. The summed E-state index contributed by atoms with van der Waals surface area (Å²) < 4.78 is 34.1. The van der Waals surface area contributed by atoms with Crippen molar-refractivity contribution < 1.29 is 13.2 Å². The van der Waals surface area contributed by atoms with Gasteiger partial charge in [-0.2, -0.15) is 0 Å². The van der Waals surface area contributed by atoms with Crippen LogP contribution in [-0.4, -0.2) is 25.9 Å². The van der Waals surface area contributed by atoms with Gasteiger partial charge in [-0.1, -0.05) is 24.3 Å². The first-order valence-corrected chi connectivity index (χ1v) is 9.42. The van der Waals surface area contributed by atoms with Gasteiger partial charge in [0.25, 0.3) is 0 Å². The molecule has 2 fully saturated rings. The standard InChI is InChI=1S/C16H21NO3S/c18-21(19,16-10-12-8-9-15(16)20-12)17-14-7-3-5-11-4-1-2-6-13(11)14/h1-2,4,6,12,14-17H,3,5,7-10H2. The van der Waals surface area contributed by atoms with Gasteiger partial charge < -0.3 is 4.74 Å². The van der Waals surface area contributed by atoms with Gasteiger partial charge in [0.2, 0.25) is 10.0 Å². The summed E-state index contributed by atoms with van der Waals surface area (Å²) in [6, 6.07) is 8.11. The number of hydrogen-bond donors (Lipinski definition) is 1. The molecule has 5 heteroatoms. The summed E-state index contributed by atoms with van der Waals surface area (Å²) in [5, 5.41) is -0.356. The van der Waals surface area contributed by atoms with E-state index in [2.05, 4.69) is 16.9 Å². The molecule has 3 aliphatic rings. The molecule has 0 radical (unpaired) electrons. The van der Waals surface area contributed by atoms with Crippen LogP contribution < -0.4 is 4.72 Å². The number of benzene rings is 1. The first-order chi connectivity index (χ1) is 10.1. The molecular formula is C16H21NO3S. The van der Waals surface area contributed by atoms with Crippen molar-refractivity contribution in [2.75, 3.05) is 0 Å². The predicted molar refractivity (Wildman–Crippen MR) is 80.5 cm³/mol. The summed E-state index contributed by atoms with van der Waals surface area (Å²) in [5.41, 5.74) is 2.43. The fraction of sp³-hybridized carbons (Fsp3) is 0.625. The van der Waals surface area contributed by atoms with E-state index in [0.29, 0.717) is 6.42 Å². The van der Waals surface area contributed by atoms with Crippen LogP contribution in [0, 0.1) is 0 Å². The van der Waals surface area contributed by atoms with Gasteiger partial charge in [-0.05, 0) is 49.7 Å². The van der Waals surface area contributed by atoms with Crippen molar-refractivity contribution in [2.45, 2.75) is 62.0 Å². The Kier molecular flexibility index (Phi) is 3.32. The van der Waals surface area contributed by atoms with Gasteiger partial charge in [0, 0.05) is 6.04 Å². The molecule has 4 rings (SSSR count). The third kappa shape index (κ3) is 2.41. The number of hydrogen-bond acceptors (Lipinski definition) is 3. The van der Waals surface area contributed by atoms with E-state index in [1.807, 2.05) is 12.1 Å². The van der Waals surface area contributed by atoms with E-state index in [-0.39, 0.29) is 23.5 Å². The average Bonchev–Trinajstić information content (AvgIpc) is 3.10. The van der Waals surface area contributed by atoms with Crippen molar-refractivity contribution in [1.82, 2.24) is 4.72 Å². The number of aryl methyl sites for hydroxylation is 1. The zero-order valence-electron chi connectivity index (χ0n) is 12.0. The quantitative estimate of drug-likeness (QED) is 0.932. The Morgan fingerprint density at radius 1 is 1.14 bits per heavy atom. The van der Waals surface area contributed by atoms with Crippen LogP contribution in [-0.2, 0) is 21.2 Å². The highest BCUT2D eigenvalue weighted by Crippen LogP contribution is 2.39. The summed E-state index contributed by atoms with van der Waals surface area (Å²) in [6.45, 7) is 0. The summed E-state index contributed by atoms with van der Waals surface area (Å²) in [5.74, 6) is 0. The molecule has 1 aliphatic carbocycles. The summed E-state index contributed by atoms with van der Waals surface area (Å²) in [4.78, 5) is 0. The fourth-order valence-corrected chi connectivity index (χ4v) is 5.96. The molecule has 1 aromatic rings. The molecule has 2 saturated heterocycles. The number of nitrogens with one attached hydrogen (secondary N) is 1. The second-order valence-electron chi connectivity index (χ2n) is 6.45. The maximum Gasteiger partial charge on any atom is 0.217 e. The lowest BCUT2D eigenvalue weighted by molar-refractivity contribution is 0.105. The lowest BCUT2D eigenvalue weighted by atomic mass is 9.88. The van der Waals surface area contributed by atoms with Crippen molar-refractivity contribution in [3.8, 4) is 0 Å². The molecule has 0 saturated carbocycles. The first kappa shape index (κ1) is 13.7. The normalized spacial score (nSPS) is 34.9. The summed E-state index contributed by atoms with van der Waals surface area (Å²) in [7, 11) is -3.31. The Hall–Kier alpha value is -0.910. The Bertz CT molecular complexity index is 643. The molecular weight excluding hydrogens is 286 g/mol. The second-order valence-corrected chi connectivity index (χ2v) is 8.39. The third-order valence-corrected chi connectivity index (χ3v) is 7.03. The zero-order chi connectivity index (χ0) is 14.4. The third-order valence-electron chi connectivity index (χ3n) is 5.12. The van der Waals surface area contributed by atoms with Crippen molar-refractivity contribution in [1.29, 1.82) is 0 Å². The molecule has 1 N–H and O–H groups in total. The molecule has 2 bridgehead atoms. The van der Waals surface area contributed by atoms with Crippen LogP contribution in [0.1, 0.15) is 49.3 Å². The topological polar surface area (TPSA) is 55.4 Å². The minimum atomic E-state index is -3.31. The van der Waals surface area contributed by atoms with Crippen molar-refractivity contribution in [3.05, 3.63) is 35.4 Å². The van der Waals surface area contributed by atoms with Gasteiger partial charge in [-0.3, -0.25) is 0 Å². The van der Waals surface area contributed by atoms with Crippen LogP contribution in [0.5, 0.6) is 0 Å². The molecule has 0 spiro atoms. The number of sulfonamides is 1. The molecule has 0 amide bonds. The second kappa shape index (κ2) is 5.07. The van der Waals surface area contributed by atoms with E-state index >= 15 is 0 Å². The molecule has 4 unspecified atom stereocenters. The Morgan fingerprint density at radius 2 is 2.00 bits per heavy atom. The van der Waals surface area contributed by atoms with E-state index in [4.69, 9.17) is 4.74 Å². The highest BCUT2D eigenvalue weighted by atomic mass is 32.2. The van der Waals surface area contributed by atoms with Gasteiger partial charge in [0.15, 0.2) is 0 Å². The average molecular weight is 307 g/mol. The van der Waals surface area contributed by atoms with Crippen LogP contribution in [0.4, 0.5) is 0 Å². The Labute approximate surface area is 125 Å². The van der Waals surface area contributed by atoms with Gasteiger partial charge in [0.05, 0.1) is 12.2 Å². The minimum absolute atomic E-state index is 0.0703. The zero-order valence-corrected chi connectivity index (χ0v) is 12.8. The maximum atomic E-state index is 12.7. The monoisotopic (exact) mass is 307 g/mol. The van der Waals surface area contributed by atoms with Crippen molar-refractivity contribution in [3.63, 3.8) is 0 Å². The largest absolute Gasteiger partial charge is 0.374 e. The van der Waals surface area contributed by atoms with E-state index in [1.54, 1.807) is 0 Å². The van der Waals surface area contributed by atoms with Gasteiger partial charge in [0.1, 0.15) is 5.25 Å². The molecule has 1 aromatic carbocycles. The van der Waals surface area contributed by atoms with Crippen LogP contribution >= 0.6 is 0 Å². The van der Waals surface area contributed by atoms with E-state index in [9.17, 15) is 8.42 Å². The smallest absolute Gasteiger partial charge is 0.217 e. The van der Waals surface area contributed by atoms with E-state index < -0.39 is 10.0 Å². The SMILES string of the molecule is O=S(=O)(NC1CCCc2ccccc21)C1CC2CCC1O2. The van der Waals surface area contributed by atoms with Gasteiger partial charge >= 0.3 is 0 Å². The van der Waals surface area contributed by atoms with Gasteiger partial charge in [-0.15, -0.1) is 0 Å². The first-order valence-electron chi connectivity index (χ1n) is 7.88. The summed E-state index contributed by atoms with van der Waals surface area (Å²) >= 11 is 0. The van der Waals surface area contributed by atoms with Crippen LogP contribution in [0.3, 0.4) is 0 Å². The predicted octanol–water partition coefficient (Wildman–Crippen LogP) is 2.30. The van der Waals surface area contributed by atoms with Crippen LogP contribution in [0.15, 0.2) is 24.3 Å². The summed E-state index contributed by atoms with van der Waals surface area (Å²) in [6.07, 6.45) is 5.61. The Balaban J connectivity index is 1.56.